The fraction of sp³-hybridized carbons (Fsp3) is 0.357. The van der Waals surface area contributed by atoms with Crippen molar-refractivity contribution in [2.45, 2.75) is 20.4 Å². The molecule has 0 amide bonds. The van der Waals surface area contributed by atoms with Gasteiger partial charge in [0, 0.05) is 31.7 Å². The van der Waals surface area contributed by atoms with E-state index in [-0.39, 0.29) is 0 Å². The lowest BCUT2D eigenvalue weighted by molar-refractivity contribution is 0.684. The summed E-state index contributed by atoms with van der Waals surface area (Å²) >= 11 is 0. The SMILES string of the molecule is CC(C)CNc1nccc(NCc2cccnc2)n1. The van der Waals surface area contributed by atoms with E-state index >= 15 is 0 Å². The third kappa shape index (κ3) is 4.54. The van der Waals surface area contributed by atoms with Gasteiger partial charge in [-0.2, -0.15) is 4.98 Å². The minimum atomic E-state index is 0.565. The highest BCUT2D eigenvalue weighted by molar-refractivity contribution is 5.40. The number of anilines is 2. The first-order chi connectivity index (χ1) is 9.24. The maximum absolute atomic E-state index is 4.41. The standard InChI is InChI=1S/C14H19N5/c1-11(2)8-18-14-16-7-5-13(19-14)17-10-12-4-3-6-15-9-12/h3-7,9,11H,8,10H2,1-2H3,(H2,16,17,18,19). The minimum absolute atomic E-state index is 0.565. The highest BCUT2D eigenvalue weighted by atomic mass is 15.1. The number of aromatic nitrogens is 3. The molecule has 0 aliphatic heterocycles. The van der Waals surface area contributed by atoms with Crippen LogP contribution in [0, 0.1) is 5.92 Å². The Kier molecular flexibility index (Phi) is 4.66. The highest BCUT2D eigenvalue weighted by Crippen LogP contribution is 2.08. The Labute approximate surface area is 113 Å². The van der Waals surface area contributed by atoms with Crippen LogP contribution in [-0.2, 0) is 6.54 Å². The van der Waals surface area contributed by atoms with Crippen molar-refractivity contribution in [1.82, 2.24) is 15.0 Å². The van der Waals surface area contributed by atoms with Crippen molar-refractivity contribution in [2.75, 3.05) is 17.2 Å². The zero-order valence-corrected chi connectivity index (χ0v) is 11.3. The van der Waals surface area contributed by atoms with Crippen LogP contribution in [0.25, 0.3) is 0 Å². The van der Waals surface area contributed by atoms with Crippen LogP contribution >= 0.6 is 0 Å². The first-order valence-electron chi connectivity index (χ1n) is 6.44. The van der Waals surface area contributed by atoms with Crippen molar-refractivity contribution < 1.29 is 0 Å². The van der Waals surface area contributed by atoms with Gasteiger partial charge in [-0.3, -0.25) is 4.98 Å². The Morgan fingerprint density at radius 3 is 2.79 bits per heavy atom. The van der Waals surface area contributed by atoms with Crippen molar-refractivity contribution in [3.8, 4) is 0 Å². The van der Waals surface area contributed by atoms with E-state index in [2.05, 4.69) is 39.4 Å². The molecule has 0 aliphatic carbocycles. The topological polar surface area (TPSA) is 62.7 Å². The second-order valence-corrected chi connectivity index (χ2v) is 4.76. The predicted octanol–water partition coefficient (Wildman–Crippen LogP) is 2.55. The van der Waals surface area contributed by atoms with Crippen LogP contribution in [0.3, 0.4) is 0 Å². The van der Waals surface area contributed by atoms with E-state index in [0.717, 1.165) is 17.9 Å². The molecule has 100 valence electrons. The first kappa shape index (κ1) is 13.3. The van der Waals surface area contributed by atoms with Crippen LogP contribution < -0.4 is 10.6 Å². The van der Waals surface area contributed by atoms with E-state index in [1.807, 2.05) is 24.4 Å². The minimum Gasteiger partial charge on any atom is -0.366 e. The molecule has 2 N–H and O–H groups in total. The molecule has 0 saturated carbocycles. The van der Waals surface area contributed by atoms with Crippen LogP contribution in [0.1, 0.15) is 19.4 Å². The van der Waals surface area contributed by atoms with Crippen LogP contribution in [0.2, 0.25) is 0 Å². The van der Waals surface area contributed by atoms with Gasteiger partial charge in [0.2, 0.25) is 5.95 Å². The Hall–Kier alpha value is -2.17. The Morgan fingerprint density at radius 1 is 1.16 bits per heavy atom. The average Bonchev–Trinajstić information content (AvgIpc) is 2.44. The third-order valence-electron chi connectivity index (χ3n) is 2.52. The van der Waals surface area contributed by atoms with E-state index in [9.17, 15) is 0 Å². The van der Waals surface area contributed by atoms with Gasteiger partial charge in [-0.25, -0.2) is 4.98 Å². The molecule has 0 unspecified atom stereocenters. The number of pyridine rings is 1. The fourth-order valence-corrected chi connectivity index (χ4v) is 1.53. The van der Waals surface area contributed by atoms with Crippen LogP contribution in [0.4, 0.5) is 11.8 Å². The molecule has 0 saturated heterocycles. The molecule has 5 heteroatoms. The van der Waals surface area contributed by atoms with Gasteiger partial charge < -0.3 is 10.6 Å². The van der Waals surface area contributed by atoms with Gasteiger partial charge in [-0.1, -0.05) is 19.9 Å². The molecule has 0 radical (unpaired) electrons. The average molecular weight is 257 g/mol. The molecule has 0 aromatic carbocycles. The lowest BCUT2D eigenvalue weighted by atomic mass is 10.2. The third-order valence-corrected chi connectivity index (χ3v) is 2.52. The number of rotatable bonds is 6. The molecule has 19 heavy (non-hydrogen) atoms. The van der Waals surface area contributed by atoms with E-state index in [4.69, 9.17) is 0 Å². The lowest BCUT2D eigenvalue weighted by Crippen LogP contribution is -2.11. The number of hydrogen-bond acceptors (Lipinski definition) is 5. The van der Waals surface area contributed by atoms with Crippen molar-refractivity contribution in [1.29, 1.82) is 0 Å². The van der Waals surface area contributed by atoms with Gasteiger partial charge in [0.15, 0.2) is 0 Å². The van der Waals surface area contributed by atoms with Crippen molar-refractivity contribution in [2.24, 2.45) is 5.92 Å². The van der Waals surface area contributed by atoms with Crippen molar-refractivity contribution in [3.63, 3.8) is 0 Å². The monoisotopic (exact) mass is 257 g/mol. The van der Waals surface area contributed by atoms with E-state index in [0.29, 0.717) is 18.4 Å². The van der Waals surface area contributed by atoms with Gasteiger partial charge in [0.1, 0.15) is 5.82 Å². The molecule has 2 rings (SSSR count). The van der Waals surface area contributed by atoms with E-state index in [1.54, 1.807) is 12.4 Å². The number of nitrogens with one attached hydrogen (secondary N) is 2. The number of hydrogen-bond donors (Lipinski definition) is 2. The summed E-state index contributed by atoms with van der Waals surface area (Å²) in [4.78, 5) is 12.7. The zero-order valence-electron chi connectivity index (χ0n) is 11.3. The molecule has 2 heterocycles. The molecule has 0 fully saturated rings. The lowest BCUT2D eigenvalue weighted by Gasteiger charge is -2.09. The quantitative estimate of drug-likeness (QED) is 0.832. The Balaban J connectivity index is 1.91. The molecule has 0 atom stereocenters. The predicted molar refractivity (Wildman–Crippen MR) is 76.9 cm³/mol. The molecular formula is C14H19N5. The van der Waals surface area contributed by atoms with Gasteiger partial charge in [-0.05, 0) is 23.6 Å². The number of nitrogens with zero attached hydrogens (tertiary/aromatic N) is 3. The van der Waals surface area contributed by atoms with Crippen LogP contribution in [-0.4, -0.2) is 21.5 Å². The molecule has 2 aromatic rings. The summed E-state index contributed by atoms with van der Waals surface area (Å²) in [6.07, 6.45) is 5.36. The smallest absolute Gasteiger partial charge is 0.224 e. The van der Waals surface area contributed by atoms with Crippen LogP contribution in [0.5, 0.6) is 0 Å². The summed E-state index contributed by atoms with van der Waals surface area (Å²) in [5, 5.41) is 6.47. The van der Waals surface area contributed by atoms with Crippen molar-refractivity contribution >= 4 is 11.8 Å². The summed E-state index contributed by atoms with van der Waals surface area (Å²) in [7, 11) is 0. The Morgan fingerprint density at radius 2 is 2.05 bits per heavy atom. The maximum Gasteiger partial charge on any atom is 0.224 e. The highest BCUT2D eigenvalue weighted by Gasteiger charge is 2.00. The van der Waals surface area contributed by atoms with Crippen LogP contribution in [0.15, 0.2) is 36.8 Å². The molecule has 0 aliphatic rings. The van der Waals surface area contributed by atoms with Gasteiger partial charge in [0.25, 0.3) is 0 Å². The summed E-state index contributed by atoms with van der Waals surface area (Å²) in [5.41, 5.74) is 1.12. The Bertz CT molecular complexity index is 498. The van der Waals surface area contributed by atoms with Gasteiger partial charge in [0.05, 0.1) is 0 Å². The van der Waals surface area contributed by atoms with E-state index < -0.39 is 0 Å². The maximum atomic E-state index is 4.41. The fourth-order valence-electron chi connectivity index (χ4n) is 1.53. The summed E-state index contributed by atoms with van der Waals surface area (Å²) in [6, 6.07) is 5.81. The summed E-state index contributed by atoms with van der Waals surface area (Å²) in [6.45, 7) is 5.87. The largest absolute Gasteiger partial charge is 0.366 e. The zero-order chi connectivity index (χ0) is 13.5. The second-order valence-electron chi connectivity index (χ2n) is 4.76. The molecule has 5 nitrogen and oxygen atoms in total. The molecule has 2 aromatic heterocycles. The normalized spacial score (nSPS) is 10.5. The van der Waals surface area contributed by atoms with E-state index in [1.165, 1.54) is 0 Å². The van der Waals surface area contributed by atoms with Gasteiger partial charge >= 0.3 is 0 Å². The molecular weight excluding hydrogens is 238 g/mol. The summed E-state index contributed by atoms with van der Waals surface area (Å²) in [5.74, 6) is 2.03. The molecule has 0 spiro atoms. The molecule has 0 bridgehead atoms. The van der Waals surface area contributed by atoms with Gasteiger partial charge in [-0.15, -0.1) is 0 Å². The van der Waals surface area contributed by atoms with Crippen molar-refractivity contribution in [3.05, 3.63) is 42.4 Å². The second kappa shape index (κ2) is 6.68. The summed E-state index contributed by atoms with van der Waals surface area (Å²) < 4.78 is 0. The first-order valence-corrected chi connectivity index (χ1v) is 6.44.